The monoisotopic (exact) mass is 235 g/mol. The summed E-state index contributed by atoms with van der Waals surface area (Å²) < 4.78 is 10.5. The van der Waals surface area contributed by atoms with Crippen LogP contribution in [0.4, 0.5) is 0 Å². The maximum Gasteiger partial charge on any atom is 0.169 e. The molecule has 0 fully saturated rings. The summed E-state index contributed by atoms with van der Waals surface area (Å²) >= 11 is 0. The fourth-order valence-electron chi connectivity index (χ4n) is 1.29. The number of hydrogen-bond donors (Lipinski definition) is 1. The van der Waals surface area contributed by atoms with Gasteiger partial charge in [0, 0.05) is 0 Å². The van der Waals surface area contributed by atoms with Crippen LogP contribution in [-0.4, -0.2) is 24.4 Å². The number of hydrogen-bond acceptors (Lipinski definition) is 4. The fourth-order valence-corrected chi connectivity index (χ4v) is 1.29. The molecule has 0 aliphatic carbocycles. The van der Waals surface area contributed by atoms with Crippen LogP contribution < -0.4 is 4.74 Å². The molecule has 0 spiro atoms. The summed E-state index contributed by atoms with van der Waals surface area (Å²) in [6.07, 6.45) is -1.67. The third kappa shape index (κ3) is 3.74. The van der Waals surface area contributed by atoms with E-state index < -0.39 is 12.2 Å². The first kappa shape index (κ1) is 13.5. The van der Waals surface area contributed by atoms with Crippen LogP contribution in [-0.2, 0) is 4.74 Å². The maximum atomic E-state index is 9.34. The molecule has 0 heterocycles. The Morgan fingerprint density at radius 1 is 1.24 bits per heavy atom. The molecule has 3 unspecified atom stereocenters. The average Bonchev–Trinajstić information content (AvgIpc) is 2.35. The summed E-state index contributed by atoms with van der Waals surface area (Å²) in [4.78, 5) is 0. The number of ether oxygens (including phenoxy) is 2. The van der Waals surface area contributed by atoms with Crippen molar-refractivity contribution in [2.45, 2.75) is 32.2 Å². The SMILES string of the molecule is COc1ccc(C(C#N)OC(C)C(C)O)cc1. The van der Waals surface area contributed by atoms with E-state index in [1.54, 1.807) is 45.2 Å². The van der Waals surface area contributed by atoms with Crippen LogP contribution in [0.25, 0.3) is 0 Å². The zero-order chi connectivity index (χ0) is 12.8. The van der Waals surface area contributed by atoms with Crippen LogP contribution in [0.15, 0.2) is 24.3 Å². The van der Waals surface area contributed by atoms with Crippen LogP contribution in [0.3, 0.4) is 0 Å². The van der Waals surface area contributed by atoms with Crippen LogP contribution in [0.1, 0.15) is 25.5 Å². The quantitative estimate of drug-likeness (QED) is 0.848. The van der Waals surface area contributed by atoms with Gasteiger partial charge < -0.3 is 14.6 Å². The highest BCUT2D eigenvalue weighted by Gasteiger charge is 2.18. The van der Waals surface area contributed by atoms with Crippen molar-refractivity contribution in [3.8, 4) is 11.8 Å². The average molecular weight is 235 g/mol. The molecule has 1 aromatic rings. The Balaban J connectivity index is 2.76. The zero-order valence-electron chi connectivity index (χ0n) is 10.3. The van der Waals surface area contributed by atoms with E-state index in [-0.39, 0.29) is 6.10 Å². The normalized spacial score (nSPS) is 15.7. The lowest BCUT2D eigenvalue weighted by atomic mass is 10.1. The second-order valence-electron chi connectivity index (χ2n) is 3.86. The highest BCUT2D eigenvalue weighted by molar-refractivity contribution is 5.30. The highest BCUT2D eigenvalue weighted by Crippen LogP contribution is 2.22. The second-order valence-corrected chi connectivity index (χ2v) is 3.86. The summed E-state index contributed by atoms with van der Waals surface area (Å²) in [5.41, 5.74) is 0.751. The van der Waals surface area contributed by atoms with E-state index in [0.717, 1.165) is 11.3 Å². The van der Waals surface area contributed by atoms with Gasteiger partial charge in [-0.1, -0.05) is 12.1 Å². The smallest absolute Gasteiger partial charge is 0.169 e. The van der Waals surface area contributed by atoms with Crippen molar-refractivity contribution in [1.82, 2.24) is 0 Å². The molecule has 0 aliphatic heterocycles. The van der Waals surface area contributed by atoms with Crippen LogP contribution >= 0.6 is 0 Å². The van der Waals surface area contributed by atoms with Gasteiger partial charge in [0.25, 0.3) is 0 Å². The van der Waals surface area contributed by atoms with E-state index in [9.17, 15) is 5.11 Å². The van der Waals surface area contributed by atoms with E-state index in [1.165, 1.54) is 0 Å². The molecule has 1 rings (SSSR count). The Hall–Kier alpha value is -1.57. The van der Waals surface area contributed by atoms with Gasteiger partial charge in [-0.25, -0.2) is 0 Å². The zero-order valence-corrected chi connectivity index (χ0v) is 10.3. The first-order valence-corrected chi connectivity index (χ1v) is 5.45. The minimum atomic E-state index is -0.675. The molecule has 4 nitrogen and oxygen atoms in total. The predicted molar refractivity (Wildman–Crippen MR) is 63.6 cm³/mol. The van der Waals surface area contributed by atoms with Crippen molar-refractivity contribution in [2.24, 2.45) is 0 Å². The lowest BCUT2D eigenvalue weighted by Gasteiger charge is -2.19. The number of aliphatic hydroxyl groups is 1. The van der Waals surface area contributed by atoms with Crippen LogP contribution in [0, 0.1) is 11.3 Å². The van der Waals surface area contributed by atoms with Gasteiger partial charge in [0.15, 0.2) is 6.10 Å². The summed E-state index contributed by atoms with van der Waals surface area (Å²) in [6.45, 7) is 3.37. The van der Waals surface area contributed by atoms with Gasteiger partial charge in [-0.2, -0.15) is 5.26 Å². The molecular formula is C13H17NO3. The Morgan fingerprint density at radius 2 is 1.82 bits per heavy atom. The highest BCUT2D eigenvalue weighted by atomic mass is 16.5. The van der Waals surface area contributed by atoms with Crippen molar-refractivity contribution in [3.63, 3.8) is 0 Å². The Morgan fingerprint density at radius 3 is 2.24 bits per heavy atom. The minimum Gasteiger partial charge on any atom is -0.497 e. The van der Waals surface area contributed by atoms with Gasteiger partial charge in [0.1, 0.15) is 5.75 Å². The van der Waals surface area contributed by atoms with Gasteiger partial charge in [-0.15, -0.1) is 0 Å². The van der Waals surface area contributed by atoms with E-state index in [4.69, 9.17) is 14.7 Å². The molecule has 3 atom stereocenters. The van der Waals surface area contributed by atoms with E-state index in [1.807, 2.05) is 0 Å². The summed E-state index contributed by atoms with van der Waals surface area (Å²) in [6, 6.07) is 9.17. The lowest BCUT2D eigenvalue weighted by molar-refractivity contribution is -0.0426. The first-order chi connectivity index (χ1) is 8.08. The molecule has 0 amide bonds. The maximum absolute atomic E-state index is 9.34. The number of methoxy groups -OCH3 is 1. The molecule has 1 N–H and O–H groups in total. The second kappa shape index (κ2) is 6.24. The third-order valence-electron chi connectivity index (χ3n) is 2.57. The molecule has 92 valence electrons. The molecule has 0 aliphatic rings. The van der Waals surface area contributed by atoms with Crippen molar-refractivity contribution in [3.05, 3.63) is 29.8 Å². The number of benzene rings is 1. The molecule has 0 bridgehead atoms. The largest absolute Gasteiger partial charge is 0.497 e. The lowest BCUT2D eigenvalue weighted by Crippen LogP contribution is -2.24. The molecular weight excluding hydrogens is 218 g/mol. The molecule has 4 heteroatoms. The van der Waals surface area contributed by atoms with Crippen LogP contribution in [0.2, 0.25) is 0 Å². The molecule has 0 saturated heterocycles. The topological polar surface area (TPSA) is 62.5 Å². The van der Waals surface area contributed by atoms with Gasteiger partial charge in [-0.3, -0.25) is 0 Å². The van der Waals surface area contributed by atoms with Gasteiger partial charge in [0.2, 0.25) is 0 Å². The summed E-state index contributed by atoms with van der Waals surface area (Å²) in [7, 11) is 1.59. The predicted octanol–water partition coefficient (Wildman–Crippen LogP) is 2.05. The summed E-state index contributed by atoms with van der Waals surface area (Å²) in [5.74, 6) is 0.731. The van der Waals surface area contributed by atoms with E-state index in [0.29, 0.717) is 0 Å². The third-order valence-corrected chi connectivity index (χ3v) is 2.57. The Labute approximate surface area is 101 Å². The molecule has 0 saturated carbocycles. The Bertz CT molecular complexity index is 381. The standard InChI is InChI=1S/C13H17NO3/c1-9(15)10(2)17-13(8-14)11-4-6-12(16-3)7-5-11/h4-7,9-10,13,15H,1-3H3. The van der Waals surface area contributed by atoms with Crippen LogP contribution in [0.5, 0.6) is 5.75 Å². The van der Waals surface area contributed by atoms with Gasteiger partial charge in [-0.05, 0) is 31.5 Å². The molecule has 1 aromatic carbocycles. The molecule has 0 radical (unpaired) electrons. The first-order valence-electron chi connectivity index (χ1n) is 5.45. The van der Waals surface area contributed by atoms with Crippen molar-refractivity contribution in [1.29, 1.82) is 5.26 Å². The number of nitriles is 1. The number of nitrogens with zero attached hydrogens (tertiary/aromatic N) is 1. The van der Waals surface area contributed by atoms with Gasteiger partial charge in [0.05, 0.1) is 25.4 Å². The minimum absolute atomic E-state index is 0.387. The van der Waals surface area contributed by atoms with Crippen molar-refractivity contribution in [2.75, 3.05) is 7.11 Å². The number of aliphatic hydroxyl groups excluding tert-OH is 1. The van der Waals surface area contributed by atoms with E-state index in [2.05, 4.69) is 6.07 Å². The Kier molecular flexibility index (Phi) is 4.95. The van der Waals surface area contributed by atoms with Crippen molar-refractivity contribution < 1.29 is 14.6 Å². The van der Waals surface area contributed by atoms with E-state index >= 15 is 0 Å². The fraction of sp³-hybridized carbons (Fsp3) is 0.462. The van der Waals surface area contributed by atoms with Crippen molar-refractivity contribution >= 4 is 0 Å². The number of rotatable bonds is 5. The summed E-state index contributed by atoms with van der Waals surface area (Å²) in [5, 5.41) is 18.4. The van der Waals surface area contributed by atoms with Gasteiger partial charge >= 0.3 is 0 Å². The molecule has 0 aromatic heterocycles. The molecule has 17 heavy (non-hydrogen) atoms.